The highest BCUT2D eigenvalue weighted by Crippen LogP contribution is 2.32. The van der Waals surface area contributed by atoms with Gasteiger partial charge in [0.15, 0.2) is 5.78 Å². The third kappa shape index (κ3) is 7.09. The quantitative estimate of drug-likeness (QED) is 0.116. The van der Waals surface area contributed by atoms with Crippen molar-refractivity contribution < 1.29 is 17.9 Å². The van der Waals surface area contributed by atoms with Gasteiger partial charge >= 0.3 is 0 Å². The molecule has 0 aliphatic rings. The van der Waals surface area contributed by atoms with Gasteiger partial charge in [-0.2, -0.15) is 0 Å². The number of carbonyl (C=O) groups is 1. The van der Waals surface area contributed by atoms with Crippen LogP contribution in [0.5, 0.6) is 5.75 Å². The topological polar surface area (TPSA) is 80.6 Å². The SMILES string of the molecule is CS(=O)(=O)N(Cc1ccccc1)c1ccc(C(=O)CNCCOc2ccc3c4ccccc4n(Cc4ccccc4)c3c2)cc1. The Morgan fingerprint density at radius 1 is 0.756 bits per heavy atom. The van der Waals surface area contributed by atoms with Crippen LogP contribution in [0.15, 0.2) is 127 Å². The summed E-state index contributed by atoms with van der Waals surface area (Å²) in [7, 11) is -3.51. The van der Waals surface area contributed by atoms with Gasteiger partial charge < -0.3 is 14.6 Å². The van der Waals surface area contributed by atoms with E-state index in [4.69, 9.17) is 4.74 Å². The van der Waals surface area contributed by atoms with Gasteiger partial charge in [-0.15, -0.1) is 0 Å². The second-order valence-corrected chi connectivity index (χ2v) is 12.9. The van der Waals surface area contributed by atoms with Gasteiger partial charge in [0.2, 0.25) is 10.0 Å². The van der Waals surface area contributed by atoms with Crippen molar-refractivity contribution in [2.75, 3.05) is 30.3 Å². The summed E-state index contributed by atoms with van der Waals surface area (Å²) in [5.41, 5.74) is 5.43. The number of benzene rings is 5. The van der Waals surface area contributed by atoms with Gasteiger partial charge in [-0.25, -0.2) is 8.42 Å². The number of rotatable bonds is 13. The maximum Gasteiger partial charge on any atom is 0.232 e. The van der Waals surface area contributed by atoms with Crippen LogP contribution in [0, 0.1) is 0 Å². The number of anilines is 1. The number of aromatic nitrogens is 1. The maximum absolute atomic E-state index is 12.8. The number of nitrogens with zero attached hydrogens (tertiary/aromatic N) is 2. The Kier molecular flexibility index (Phi) is 8.96. The van der Waals surface area contributed by atoms with E-state index in [0.717, 1.165) is 23.4 Å². The molecular weight excluding hydrogens is 582 g/mol. The molecule has 0 saturated carbocycles. The van der Waals surface area contributed by atoms with E-state index in [2.05, 4.69) is 70.5 Å². The minimum Gasteiger partial charge on any atom is -0.492 e. The summed E-state index contributed by atoms with van der Waals surface area (Å²) >= 11 is 0. The summed E-state index contributed by atoms with van der Waals surface area (Å²) in [6.45, 7) is 2.02. The van der Waals surface area contributed by atoms with Gasteiger partial charge in [0, 0.05) is 41.0 Å². The van der Waals surface area contributed by atoms with Crippen molar-refractivity contribution in [2.24, 2.45) is 0 Å². The van der Waals surface area contributed by atoms with Crippen LogP contribution in [0.3, 0.4) is 0 Å². The molecular formula is C37H35N3O4S. The Labute approximate surface area is 263 Å². The predicted molar refractivity (Wildman–Crippen MR) is 182 cm³/mol. The Balaban J connectivity index is 1.05. The van der Waals surface area contributed by atoms with E-state index in [-0.39, 0.29) is 18.9 Å². The molecule has 0 spiro atoms. The zero-order valence-corrected chi connectivity index (χ0v) is 25.9. The Morgan fingerprint density at radius 2 is 1.40 bits per heavy atom. The molecule has 0 bridgehead atoms. The lowest BCUT2D eigenvalue weighted by Crippen LogP contribution is -2.29. The van der Waals surface area contributed by atoms with Gasteiger partial charge in [0.1, 0.15) is 12.4 Å². The summed E-state index contributed by atoms with van der Waals surface area (Å²) in [6.07, 6.45) is 1.18. The van der Waals surface area contributed by atoms with Gasteiger partial charge in [0.05, 0.1) is 30.5 Å². The molecule has 0 saturated heterocycles. The summed E-state index contributed by atoms with van der Waals surface area (Å²) in [6, 6.07) is 41.2. The molecule has 7 nitrogen and oxygen atoms in total. The van der Waals surface area contributed by atoms with Crippen LogP contribution in [0.25, 0.3) is 21.8 Å². The van der Waals surface area contributed by atoms with Crippen LogP contribution in [-0.4, -0.2) is 44.7 Å². The zero-order chi connectivity index (χ0) is 31.2. The highest BCUT2D eigenvalue weighted by molar-refractivity contribution is 7.92. The number of ketones is 1. The molecule has 0 fully saturated rings. The summed E-state index contributed by atoms with van der Waals surface area (Å²) in [4.78, 5) is 12.8. The van der Waals surface area contributed by atoms with E-state index in [1.54, 1.807) is 24.3 Å². The fraction of sp³-hybridized carbons (Fsp3) is 0.162. The number of Topliss-reactive ketones (excluding diaryl/α,β-unsaturated/α-hetero) is 1. The molecule has 5 aromatic carbocycles. The minimum atomic E-state index is -3.51. The highest BCUT2D eigenvalue weighted by atomic mass is 32.2. The molecule has 6 aromatic rings. The van der Waals surface area contributed by atoms with Crippen LogP contribution in [0.2, 0.25) is 0 Å². The van der Waals surface area contributed by atoms with Crippen molar-refractivity contribution in [3.05, 3.63) is 144 Å². The van der Waals surface area contributed by atoms with Gasteiger partial charge in [-0.1, -0.05) is 78.9 Å². The van der Waals surface area contributed by atoms with Crippen LogP contribution >= 0.6 is 0 Å². The predicted octanol–water partition coefficient (Wildman–Crippen LogP) is 6.66. The van der Waals surface area contributed by atoms with Gasteiger partial charge in [-0.05, 0) is 53.6 Å². The molecule has 0 unspecified atom stereocenters. The lowest BCUT2D eigenvalue weighted by atomic mass is 10.1. The lowest BCUT2D eigenvalue weighted by Gasteiger charge is -2.22. The molecule has 1 heterocycles. The summed E-state index contributed by atoms with van der Waals surface area (Å²) in [5, 5.41) is 5.56. The Hall–Kier alpha value is -4.92. The first-order valence-corrected chi connectivity index (χ1v) is 16.7. The van der Waals surface area contributed by atoms with E-state index in [0.29, 0.717) is 24.4 Å². The van der Waals surface area contributed by atoms with Crippen molar-refractivity contribution >= 4 is 43.3 Å². The molecule has 0 aliphatic heterocycles. The van der Waals surface area contributed by atoms with Crippen molar-refractivity contribution in [3.8, 4) is 5.75 Å². The first-order chi connectivity index (χ1) is 21.9. The van der Waals surface area contributed by atoms with Crippen LogP contribution < -0.4 is 14.4 Å². The van der Waals surface area contributed by atoms with E-state index in [1.165, 1.54) is 32.4 Å². The molecule has 0 radical (unpaired) electrons. The number of nitrogens with one attached hydrogen (secondary N) is 1. The van der Waals surface area contributed by atoms with Crippen molar-refractivity contribution in [3.63, 3.8) is 0 Å². The third-order valence-corrected chi connectivity index (χ3v) is 8.95. The van der Waals surface area contributed by atoms with Crippen LogP contribution in [0.1, 0.15) is 21.5 Å². The molecule has 45 heavy (non-hydrogen) atoms. The van der Waals surface area contributed by atoms with Crippen molar-refractivity contribution in [1.29, 1.82) is 0 Å². The summed E-state index contributed by atoms with van der Waals surface area (Å²) in [5.74, 6) is 0.691. The largest absolute Gasteiger partial charge is 0.492 e. The first kappa shape index (κ1) is 30.1. The number of sulfonamides is 1. The third-order valence-electron chi connectivity index (χ3n) is 7.81. The molecule has 0 amide bonds. The molecule has 6 rings (SSSR count). The molecule has 1 aromatic heterocycles. The average molecular weight is 618 g/mol. The summed E-state index contributed by atoms with van der Waals surface area (Å²) < 4.78 is 34.7. The molecule has 0 aliphatic carbocycles. The molecule has 228 valence electrons. The standard InChI is InChI=1S/C37H35N3O4S/c1-45(42,43)40(27-29-12-6-3-7-13-29)31-18-16-30(17-19-31)37(41)25-38-22-23-44-32-20-21-34-33-14-8-9-15-35(33)39(36(34)24-32)26-28-10-4-2-5-11-28/h2-21,24,38H,22-23,25-27H2,1H3. The number of hydrogen-bond donors (Lipinski definition) is 1. The van der Waals surface area contributed by atoms with E-state index >= 15 is 0 Å². The van der Waals surface area contributed by atoms with Crippen molar-refractivity contribution in [2.45, 2.75) is 13.1 Å². The first-order valence-electron chi connectivity index (χ1n) is 14.9. The Bertz CT molecular complexity index is 2020. The number of para-hydroxylation sites is 1. The number of hydrogen-bond acceptors (Lipinski definition) is 5. The normalized spacial score (nSPS) is 11.6. The minimum absolute atomic E-state index is 0.0811. The van der Waals surface area contributed by atoms with E-state index in [1.807, 2.05) is 42.5 Å². The van der Waals surface area contributed by atoms with Gasteiger partial charge in [-0.3, -0.25) is 9.10 Å². The smallest absolute Gasteiger partial charge is 0.232 e. The zero-order valence-electron chi connectivity index (χ0n) is 25.1. The number of fused-ring (bicyclic) bond motifs is 3. The monoisotopic (exact) mass is 617 g/mol. The maximum atomic E-state index is 12.8. The average Bonchev–Trinajstić information content (AvgIpc) is 3.36. The van der Waals surface area contributed by atoms with E-state index < -0.39 is 10.0 Å². The number of carbonyl (C=O) groups excluding carboxylic acids is 1. The van der Waals surface area contributed by atoms with Gasteiger partial charge in [0.25, 0.3) is 0 Å². The number of ether oxygens (including phenoxy) is 1. The molecule has 1 N–H and O–H groups in total. The fourth-order valence-corrected chi connectivity index (χ4v) is 6.45. The lowest BCUT2D eigenvalue weighted by molar-refractivity contribution is 0.0990. The second kappa shape index (κ2) is 13.4. The highest BCUT2D eigenvalue weighted by Gasteiger charge is 2.18. The fourth-order valence-electron chi connectivity index (χ4n) is 5.56. The molecule has 8 heteroatoms. The molecule has 0 atom stereocenters. The van der Waals surface area contributed by atoms with E-state index in [9.17, 15) is 13.2 Å². The van der Waals surface area contributed by atoms with Crippen LogP contribution in [-0.2, 0) is 23.1 Å². The second-order valence-electron chi connectivity index (χ2n) is 11.0. The Morgan fingerprint density at radius 3 is 2.11 bits per heavy atom. The van der Waals surface area contributed by atoms with Crippen LogP contribution in [0.4, 0.5) is 5.69 Å². The van der Waals surface area contributed by atoms with Crippen molar-refractivity contribution in [1.82, 2.24) is 9.88 Å².